The number of aliphatic carboxylic acids is 1. The molecule has 158 valence electrons. The average Bonchev–Trinajstić information content (AvgIpc) is 2.80. The summed E-state index contributed by atoms with van der Waals surface area (Å²) in [5.74, 6) is -0.429. The number of benzene rings is 3. The number of carbonyl (C=O) groups excluding carboxylic acids is 1. The highest BCUT2D eigenvalue weighted by Crippen LogP contribution is 2.37. The summed E-state index contributed by atoms with van der Waals surface area (Å²) in [7, 11) is 1.49. The Kier molecular flexibility index (Phi) is 5.75. The van der Waals surface area contributed by atoms with E-state index in [9.17, 15) is 9.59 Å². The van der Waals surface area contributed by atoms with Gasteiger partial charge in [0.05, 0.1) is 12.7 Å². The lowest BCUT2D eigenvalue weighted by Crippen LogP contribution is -2.42. The summed E-state index contributed by atoms with van der Waals surface area (Å²) in [5, 5.41) is 12.3. The minimum absolute atomic E-state index is 0.0756. The Morgan fingerprint density at radius 2 is 1.77 bits per heavy atom. The third kappa shape index (κ3) is 4.30. The number of ether oxygens (including phenoxy) is 2. The number of para-hydroxylation sites is 1. The van der Waals surface area contributed by atoms with E-state index in [1.54, 1.807) is 23.1 Å². The van der Waals surface area contributed by atoms with Gasteiger partial charge < -0.3 is 24.8 Å². The normalized spacial score (nSPS) is 15.1. The molecule has 7 heteroatoms. The van der Waals surface area contributed by atoms with Crippen molar-refractivity contribution < 1.29 is 24.2 Å². The number of carbonyl (C=O) groups is 2. The van der Waals surface area contributed by atoms with Crippen LogP contribution in [-0.2, 0) is 11.3 Å². The van der Waals surface area contributed by atoms with Crippen molar-refractivity contribution >= 4 is 17.6 Å². The lowest BCUT2D eigenvalue weighted by molar-refractivity contribution is -0.139. The molecule has 1 amide bonds. The molecule has 0 aliphatic carbocycles. The van der Waals surface area contributed by atoms with E-state index in [0.29, 0.717) is 23.6 Å². The van der Waals surface area contributed by atoms with Crippen LogP contribution >= 0.6 is 0 Å². The van der Waals surface area contributed by atoms with E-state index in [4.69, 9.17) is 14.6 Å². The maximum atomic E-state index is 13.4. The van der Waals surface area contributed by atoms with Crippen molar-refractivity contribution in [3.8, 4) is 11.5 Å². The average molecular weight is 418 g/mol. The first kappa shape index (κ1) is 20.3. The molecule has 3 aromatic carbocycles. The van der Waals surface area contributed by atoms with Gasteiger partial charge in [0, 0.05) is 12.2 Å². The molecule has 0 aromatic heterocycles. The third-order valence-electron chi connectivity index (χ3n) is 5.07. The Balaban J connectivity index is 1.71. The van der Waals surface area contributed by atoms with Crippen LogP contribution < -0.4 is 14.8 Å². The van der Waals surface area contributed by atoms with Crippen LogP contribution in [0.25, 0.3) is 0 Å². The second-order valence-corrected chi connectivity index (χ2v) is 7.10. The highest BCUT2D eigenvalue weighted by atomic mass is 16.5. The molecular weight excluding hydrogens is 396 g/mol. The van der Waals surface area contributed by atoms with Gasteiger partial charge in [-0.2, -0.15) is 0 Å². The molecule has 1 aliphatic rings. The van der Waals surface area contributed by atoms with Gasteiger partial charge in [0.25, 0.3) is 5.91 Å². The summed E-state index contributed by atoms with van der Waals surface area (Å²) in [6.45, 7) is -0.0470. The number of anilines is 1. The summed E-state index contributed by atoms with van der Waals surface area (Å²) in [6, 6.07) is 22.4. The van der Waals surface area contributed by atoms with E-state index >= 15 is 0 Å². The van der Waals surface area contributed by atoms with Gasteiger partial charge in [0.1, 0.15) is 6.17 Å². The molecule has 0 unspecified atom stereocenters. The number of nitrogens with zero attached hydrogens (tertiary/aromatic N) is 1. The van der Waals surface area contributed by atoms with Crippen molar-refractivity contribution in [2.45, 2.75) is 12.7 Å². The van der Waals surface area contributed by atoms with Crippen molar-refractivity contribution in [1.82, 2.24) is 4.90 Å². The SMILES string of the molecule is COc1cc([C@H]2Nc3ccccc3C(=O)N2Cc2ccccc2)ccc1OCC(=O)O. The Morgan fingerprint density at radius 1 is 1.03 bits per heavy atom. The minimum Gasteiger partial charge on any atom is -0.493 e. The number of hydrogen-bond donors (Lipinski definition) is 2. The quantitative estimate of drug-likeness (QED) is 0.605. The number of carboxylic acid groups (broad SMARTS) is 1. The number of nitrogens with one attached hydrogen (secondary N) is 1. The first-order chi connectivity index (χ1) is 15.1. The number of carboxylic acids is 1. The van der Waals surface area contributed by atoms with E-state index < -0.39 is 18.7 Å². The lowest BCUT2D eigenvalue weighted by atomic mass is 10.0. The summed E-state index contributed by atoms with van der Waals surface area (Å²) in [4.78, 5) is 26.0. The van der Waals surface area contributed by atoms with Crippen molar-refractivity contribution in [2.24, 2.45) is 0 Å². The molecule has 2 N–H and O–H groups in total. The number of methoxy groups -OCH3 is 1. The van der Waals surface area contributed by atoms with E-state index in [-0.39, 0.29) is 5.91 Å². The Hall–Kier alpha value is -4.00. The number of fused-ring (bicyclic) bond motifs is 1. The van der Waals surface area contributed by atoms with Gasteiger partial charge in [0.15, 0.2) is 18.1 Å². The number of amides is 1. The summed E-state index contributed by atoms with van der Waals surface area (Å²) >= 11 is 0. The molecule has 31 heavy (non-hydrogen) atoms. The maximum Gasteiger partial charge on any atom is 0.341 e. The molecule has 0 saturated carbocycles. The van der Waals surface area contributed by atoms with Crippen molar-refractivity contribution in [1.29, 1.82) is 0 Å². The Bertz CT molecular complexity index is 1100. The molecule has 1 heterocycles. The highest BCUT2D eigenvalue weighted by Gasteiger charge is 2.33. The van der Waals surface area contributed by atoms with Crippen molar-refractivity contribution in [3.05, 3.63) is 89.5 Å². The first-order valence-corrected chi connectivity index (χ1v) is 9.80. The van der Waals surface area contributed by atoms with E-state index in [2.05, 4.69) is 5.32 Å². The smallest absolute Gasteiger partial charge is 0.341 e. The van der Waals surface area contributed by atoms with Crippen LogP contribution in [-0.4, -0.2) is 35.6 Å². The molecule has 0 fully saturated rings. The van der Waals surface area contributed by atoms with Gasteiger partial charge in [0.2, 0.25) is 0 Å². The topological polar surface area (TPSA) is 88.1 Å². The molecule has 4 rings (SSSR count). The molecule has 0 bridgehead atoms. The first-order valence-electron chi connectivity index (χ1n) is 9.80. The third-order valence-corrected chi connectivity index (χ3v) is 5.07. The maximum absolute atomic E-state index is 13.4. The lowest BCUT2D eigenvalue weighted by Gasteiger charge is -2.38. The number of rotatable bonds is 7. The fourth-order valence-corrected chi connectivity index (χ4v) is 3.61. The molecule has 0 spiro atoms. The second kappa shape index (κ2) is 8.79. The van der Waals surface area contributed by atoms with E-state index in [0.717, 1.165) is 16.8 Å². The van der Waals surface area contributed by atoms with Gasteiger partial charge in [-0.25, -0.2) is 4.79 Å². The van der Waals surface area contributed by atoms with Crippen molar-refractivity contribution in [3.63, 3.8) is 0 Å². The zero-order valence-corrected chi connectivity index (χ0v) is 16.9. The molecule has 0 radical (unpaired) electrons. The summed E-state index contributed by atoms with van der Waals surface area (Å²) in [5.41, 5.74) is 3.17. The molecule has 7 nitrogen and oxygen atoms in total. The van der Waals surface area contributed by atoms with Crippen LogP contribution in [0, 0.1) is 0 Å². The van der Waals surface area contributed by atoms with Crippen LogP contribution in [0.1, 0.15) is 27.7 Å². The van der Waals surface area contributed by atoms with E-state index in [1.807, 2.05) is 54.6 Å². The molecular formula is C24H22N2O5. The molecule has 3 aromatic rings. The van der Waals surface area contributed by atoms with Crippen LogP contribution in [0.4, 0.5) is 5.69 Å². The van der Waals surface area contributed by atoms with Crippen molar-refractivity contribution in [2.75, 3.05) is 19.0 Å². The fraction of sp³-hybridized carbons (Fsp3) is 0.167. The molecule has 1 atom stereocenters. The molecule has 1 aliphatic heterocycles. The molecule has 0 saturated heterocycles. The summed E-state index contributed by atoms with van der Waals surface area (Å²) < 4.78 is 10.7. The standard InChI is InChI=1S/C24H22N2O5/c1-30-21-13-17(11-12-20(21)31-15-22(27)28)23-25-19-10-6-5-9-18(19)24(29)26(23)14-16-7-3-2-4-8-16/h2-13,23,25H,14-15H2,1H3,(H,27,28)/t23-/m0/s1. The van der Waals surface area contributed by atoms with Gasteiger partial charge >= 0.3 is 5.97 Å². The van der Waals surface area contributed by atoms with Crippen LogP contribution in [0.5, 0.6) is 11.5 Å². The highest BCUT2D eigenvalue weighted by molar-refractivity contribution is 6.01. The van der Waals surface area contributed by atoms with E-state index in [1.165, 1.54) is 7.11 Å². The Morgan fingerprint density at radius 3 is 2.52 bits per heavy atom. The minimum atomic E-state index is -1.07. The zero-order chi connectivity index (χ0) is 21.8. The second-order valence-electron chi connectivity index (χ2n) is 7.10. The monoisotopic (exact) mass is 418 g/mol. The van der Waals surface area contributed by atoms with Gasteiger partial charge in [-0.3, -0.25) is 4.79 Å². The van der Waals surface area contributed by atoms with Gasteiger partial charge in [-0.05, 0) is 35.4 Å². The number of hydrogen-bond acceptors (Lipinski definition) is 5. The van der Waals surface area contributed by atoms with Crippen LogP contribution in [0.15, 0.2) is 72.8 Å². The Labute approximate surface area is 179 Å². The fourth-order valence-electron chi connectivity index (χ4n) is 3.61. The predicted octanol–water partition coefficient (Wildman–Crippen LogP) is 3.93. The zero-order valence-electron chi connectivity index (χ0n) is 16.9. The predicted molar refractivity (Wildman–Crippen MR) is 115 cm³/mol. The van der Waals surface area contributed by atoms with Crippen LogP contribution in [0.3, 0.4) is 0 Å². The largest absolute Gasteiger partial charge is 0.493 e. The van der Waals surface area contributed by atoms with Gasteiger partial charge in [-0.15, -0.1) is 0 Å². The summed E-state index contributed by atoms with van der Waals surface area (Å²) in [6.07, 6.45) is -0.440. The van der Waals surface area contributed by atoms with Gasteiger partial charge in [-0.1, -0.05) is 48.5 Å². The van der Waals surface area contributed by atoms with Crippen LogP contribution in [0.2, 0.25) is 0 Å².